The Bertz CT molecular complexity index is 676. The molecule has 0 aliphatic carbocycles. The molecule has 0 bridgehead atoms. The van der Waals surface area contributed by atoms with Gasteiger partial charge in [-0.05, 0) is 24.4 Å². The summed E-state index contributed by atoms with van der Waals surface area (Å²) < 4.78 is 5.21. The number of nitrogens with zero attached hydrogens (tertiary/aromatic N) is 1. The van der Waals surface area contributed by atoms with Crippen molar-refractivity contribution in [3.63, 3.8) is 0 Å². The van der Waals surface area contributed by atoms with E-state index in [9.17, 15) is 19.7 Å². The van der Waals surface area contributed by atoms with Gasteiger partial charge in [-0.1, -0.05) is 0 Å². The maximum atomic E-state index is 11.7. The maximum absolute atomic E-state index is 11.7. The number of fused-ring (bicyclic) bond motifs is 1. The standard InChI is InChI=1S/C12H9NO5S/c1-2-18-12(15)11(14)10-5-7-3-4-8(13(16)17)6-9(7)19-10/h3-6H,2H2,1H3. The summed E-state index contributed by atoms with van der Waals surface area (Å²) in [5.74, 6) is -1.64. The molecular weight excluding hydrogens is 270 g/mol. The van der Waals surface area contributed by atoms with Crippen LogP contribution in [0.3, 0.4) is 0 Å². The summed E-state index contributed by atoms with van der Waals surface area (Å²) in [6.45, 7) is 1.74. The summed E-state index contributed by atoms with van der Waals surface area (Å²) in [5, 5.41) is 11.3. The first-order valence-electron chi connectivity index (χ1n) is 5.42. The maximum Gasteiger partial charge on any atom is 0.380 e. The number of ketones is 1. The molecule has 0 saturated heterocycles. The molecule has 1 aromatic carbocycles. The lowest BCUT2D eigenvalue weighted by Gasteiger charge is -1.96. The van der Waals surface area contributed by atoms with Crippen LogP contribution < -0.4 is 0 Å². The Morgan fingerprint density at radius 2 is 2.11 bits per heavy atom. The number of nitro groups is 1. The van der Waals surface area contributed by atoms with Gasteiger partial charge in [0.15, 0.2) is 0 Å². The van der Waals surface area contributed by atoms with E-state index in [-0.39, 0.29) is 17.2 Å². The average Bonchev–Trinajstić information content (AvgIpc) is 2.80. The number of carbonyl (C=O) groups excluding carboxylic acids is 2. The third-order valence-corrected chi connectivity index (χ3v) is 3.50. The van der Waals surface area contributed by atoms with Crippen molar-refractivity contribution in [2.45, 2.75) is 6.92 Å². The number of esters is 1. The van der Waals surface area contributed by atoms with E-state index in [4.69, 9.17) is 0 Å². The van der Waals surface area contributed by atoms with E-state index in [0.29, 0.717) is 10.1 Å². The third kappa shape index (κ3) is 2.60. The van der Waals surface area contributed by atoms with Crippen LogP contribution in [-0.2, 0) is 9.53 Å². The predicted octanol–water partition coefficient (Wildman–Crippen LogP) is 2.56. The number of hydrogen-bond acceptors (Lipinski definition) is 6. The van der Waals surface area contributed by atoms with Crippen LogP contribution in [0, 0.1) is 10.1 Å². The van der Waals surface area contributed by atoms with Crippen LogP contribution in [0.2, 0.25) is 0 Å². The van der Waals surface area contributed by atoms with Gasteiger partial charge in [0.1, 0.15) is 0 Å². The van der Waals surface area contributed by atoms with Crippen LogP contribution in [0.5, 0.6) is 0 Å². The van der Waals surface area contributed by atoms with Gasteiger partial charge in [0.25, 0.3) is 11.5 Å². The Morgan fingerprint density at radius 3 is 2.74 bits per heavy atom. The zero-order chi connectivity index (χ0) is 14.0. The van der Waals surface area contributed by atoms with Gasteiger partial charge >= 0.3 is 5.97 Å². The van der Waals surface area contributed by atoms with Gasteiger partial charge in [-0.3, -0.25) is 14.9 Å². The van der Waals surface area contributed by atoms with Crippen molar-refractivity contribution in [1.82, 2.24) is 0 Å². The molecule has 0 aliphatic heterocycles. The highest BCUT2D eigenvalue weighted by Gasteiger charge is 2.20. The van der Waals surface area contributed by atoms with Gasteiger partial charge in [-0.2, -0.15) is 0 Å². The molecule has 98 valence electrons. The molecule has 0 aliphatic rings. The van der Waals surface area contributed by atoms with Crippen molar-refractivity contribution >= 4 is 38.9 Å². The molecule has 7 heteroatoms. The van der Waals surface area contributed by atoms with Gasteiger partial charge in [0.05, 0.1) is 16.4 Å². The fourth-order valence-electron chi connectivity index (χ4n) is 1.54. The Hall–Kier alpha value is -2.28. The minimum Gasteiger partial charge on any atom is -0.460 e. The van der Waals surface area contributed by atoms with Crippen LogP contribution >= 0.6 is 11.3 Å². The van der Waals surface area contributed by atoms with Crippen molar-refractivity contribution in [3.05, 3.63) is 39.3 Å². The topological polar surface area (TPSA) is 86.5 Å². The lowest BCUT2D eigenvalue weighted by molar-refractivity contribution is -0.384. The Labute approximate surface area is 111 Å². The van der Waals surface area contributed by atoms with Crippen LogP contribution in [-0.4, -0.2) is 23.3 Å². The molecule has 2 aromatic rings. The predicted molar refractivity (Wildman–Crippen MR) is 69.4 cm³/mol. The van der Waals surface area contributed by atoms with E-state index < -0.39 is 16.7 Å². The highest BCUT2D eigenvalue weighted by Crippen LogP contribution is 2.29. The molecule has 2 rings (SSSR count). The van der Waals surface area contributed by atoms with Gasteiger partial charge in [-0.25, -0.2) is 4.79 Å². The number of Topliss-reactive ketones (excluding diaryl/α,β-unsaturated/α-hetero) is 1. The molecular formula is C12H9NO5S. The summed E-state index contributed by atoms with van der Waals surface area (Å²) in [7, 11) is 0. The van der Waals surface area contributed by atoms with E-state index in [2.05, 4.69) is 4.74 Å². The minimum atomic E-state index is -0.913. The molecule has 0 spiro atoms. The first-order chi connectivity index (χ1) is 9.02. The monoisotopic (exact) mass is 279 g/mol. The van der Waals surface area contributed by atoms with Crippen LogP contribution in [0.15, 0.2) is 24.3 Å². The molecule has 0 N–H and O–H groups in total. The number of carbonyl (C=O) groups is 2. The lowest BCUT2D eigenvalue weighted by Crippen LogP contribution is -2.16. The Morgan fingerprint density at radius 1 is 1.37 bits per heavy atom. The SMILES string of the molecule is CCOC(=O)C(=O)c1cc2ccc([N+](=O)[O-])cc2s1. The second-order valence-corrected chi connectivity index (χ2v) is 4.72. The highest BCUT2D eigenvalue weighted by atomic mass is 32.1. The Balaban J connectivity index is 2.39. The first-order valence-corrected chi connectivity index (χ1v) is 6.24. The van der Waals surface area contributed by atoms with Crippen LogP contribution in [0.4, 0.5) is 5.69 Å². The average molecular weight is 279 g/mol. The zero-order valence-corrected chi connectivity index (χ0v) is 10.7. The van der Waals surface area contributed by atoms with E-state index in [1.54, 1.807) is 13.0 Å². The van der Waals surface area contributed by atoms with Gasteiger partial charge in [-0.15, -0.1) is 11.3 Å². The Kier molecular flexibility index (Phi) is 3.57. The number of hydrogen-bond donors (Lipinski definition) is 0. The summed E-state index contributed by atoms with van der Waals surface area (Å²) in [4.78, 5) is 33.4. The lowest BCUT2D eigenvalue weighted by atomic mass is 10.2. The molecule has 6 nitrogen and oxygen atoms in total. The van der Waals surface area contributed by atoms with Crippen molar-refractivity contribution in [1.29, 1.82) is 0 Å². The number of nitro benzene ring substituents is 1. The molecule has 0 saturated carbocycles. The van der Waals surface area contributed by atoms with Crippen LogP contribution in [0.1, 0.15) is 16.6 Å². The quantitative estimate of drug-likeness (QED) is 0.282. The van der Waals surface area contributed by atoms with E-state index in [1.807, 2.05) is 0 Å². The third-order valence-electron chi connectivity index (χ3n) is 2.40. The summed E-state index contributed by atoms with van der Waals surface area (Å²) in [6.07, 6.45) is 0. The van der Waals surface area contributed by atoms with E-state index in [1.165, 1.54) is 18.2 Å². The van der Waals surface area contributed by atoms with Gasteiger partial charge in [0.2, 0.25) is 0 Å². The molecule has 0 amide bonds. The van der Waals surface area contributed by atoms with Crippen molar-refractivity contribution < 1.29 is 19.2 Å². The van der Waals surface area contributed by atoms with Crippen molar-refractivity contribution in [2.24, 2.45) is 0 Å². The molecule has 1 aromatic heterocycles. The van der Waals surface area contributed by atoms with Gasteiger partial charge in [0, 0.05) is 16.8 Å². The van der Waals surface area contributed by atoms with Gasteiger partial charge < -0.3 is 4.74 Å². The largest absolute Gasteiger partial charge is 0.460 e. The summed E-state index contributed by atoms with van der Waals surface area (Å²) in [6, 6.07) is 5.81. The number of thiophene rings is 1. The second kappa shape index (κ2) is 5.15. The smallest absolute Gasteiger partial charge is 0.380 e. The molecule has 0 fully saturated rings. The minimum absolute atomic E-state index is 0.0514. The molecule has 1 heterocycles. The number of benzene rings is 1. The molecule has 0 atom stereocenters. The van der Waals surface area contributed by atoms with E-state index in [0.717, 1.165) is 11.3 Å². The van der Waals surface area contributed by atoms with Crippen molar-refractivity contribution in [3.8, 4) is 0 Å². The molecule has 19 heavy (non-hydrogen) atoms. The summed E-state index contributed by atoms with van der Waals surface area (Å²) >= 11 is 1.04. The normalized spacial score (nSPS) is 10.4. The van der Waals surface area contributed by atoms with Crippen LogP contribution in [0.25, 0.3) is 10.1 Å². The fourth-order valence-corrected chi connectivity index (χ4v) is 2.57. The first kappa shape index (κ1) is 13.2. The fraction of sp³-hybridized carbons (Fsp3) is 0.167. The highest BCUT2D eigenvalue weighted by molar-refractivity contribution is 7.21. The van der Waals surface area contributed by atoms with E-state index >= 15 is 0 Å². The number of non-ortho nitro benzene ring substituents is 1. The zero-order valence-electron chi connectivity index (χ0n) is 9.91. The number of rotatable bonds is 4. The number of ether oxygens (including phenoxy) is 1. The van der Waals surface area contributed by atoms with Crippen molar-refractivity contribution in [2.75, 3.05) is 6.61 Å². The molecule has 0 unspecified atom stereocenters. The molecule has 0 radical (unpaired) electrons. The summed E-state index contributed by atoms with van der Waals surface area (Å²) in [5.41, 5.74) is -0.0514. The second-order valence-electron chi connectivity index (χ2n) is 3.64.